The summed E-state index contributed by atoms with van der Waals surface area (Å²) in [5.41, 5.74) is 0.449. The summed E-state index contributed by atoms with van der Waals surface area (Å²) in [6.07, 6.45) is -0.107. The lowest BCUT2D eigenvalue weighted by atomic mass is 10.3. The number of ether oxygens (including phenoxy) is 1. The average Bonchev–Trinajstić information content (AvgIpc) is 2.67. The molecular weight excluding hydrogens is 401 g/mol. The lowest BCUT2D eigenvalue weighted by molar-refractivity contribution is -0.123. The monoisotopic (exact) mass is 423 g/mol. The van der Waals surface area contributed by atoms with E-state index in [-0.39, 0.29) is 30.4 Å². The van der Waals surface area contributed by atoms with Crippen molar-refractivity contribution in [2.45, 2.75) is 18.2 Å². The highest BCUT2D eigenvalue weighted by Gasteiger charge is 2.14. The number of hydrogen-bond acceptors (Lipinski definition) is 5. The van der Waals surface area contributed by atoms with Gasteiger partial charge in [-0.2, -0.15) is 0 Å². The van der Waals surface area contributed by atoms with Gasteiger partial charge in [-0.3, -0.25) is 9.59 Å². The Labute approximate surface area is 168 Å². The number of halogens is 1. The van der Waals surface area contributed by atoms with E-state index in [1.165, 1.54) is 0 Å². The zero-order valence-corrected chi connectivity index (χ0v) is 16.6. The van der Waals surface area contributed by atoms with Crippen LogP contribution in [-0.2, 0) is 19.6 Å². The zero-order chi connectivity index (χ0) is 21.3. The van der Waals surface area contributed by atoms with Crippen LogP contribution in [0, 0.1) is 5.82 Å². The number of nitrogens with one attached hydrogen (secondary N) is 3. The Morgan fingerprint density at radius 1 is 1.07 bits per heavy atom. The second-order valence-corrected chi connectivity index (χ2v) is 7.69. The van der Waals surface area contributed by atoms with Crippen molar-refractivity contribution in [3.8, 4) is 5.75 Å². The van der Waals surface area contributed by atoms with Gasteiger partial charge in [-0.1, -0.05) is 6.07 Å². The molecule has 0 saturated heterocycles. The molecule has 29 heavy (non-hydrogen) atoms. The summed E-state index contributed by atoms with van der Waals surface area (Å²) in [6, 6.07) is 10.9. The first-order valence-corrected chi connectivity index (χ1v) is 10.3. The van der Waals surface area contributed by atoms with Crippen LogP contribution in [0.3, 0.4) is 0 Å². The predicted molar refractivity (Wildman–Crippen MR) is 105 cm³/mol. The summed E-state index contributed by atoms with van der Waals surface area (Å²) in [5.74, 6) is -0.797. The van der Waals surface area contributed by atoms with Gasteiger partial charge in [0.1, 0.15) is 11.6 Å². The van der Waals surface area contributed by atoms with Crippen molar-refractivity contribution in [3.63, 3.8) is 0 Å². The third kappa shape index (κ3) is 7.51. The van der Waals surface area contributed by atoms with Gasteiger partial charge in [-0.05, 0) is 43.3 Å². The normalized spacial score (nSPS) is 11.0. The number of sulfonamides is 1. The average molecular weight is 423 g/mol. The molecule has 0 aromatic heterocycles. The van der Waals surface area contributed by atoms with Gasteiger partial charge in [0.2, 0.25) is 15.9 Å². The van der Waals surface area contributed by atoms with Crippen LogP contribution in [0.2, 0.25) is 0 Å². The summed E-state index contributed by atoms with van der Waals surface area (Å²) >= 11 is 0. The Hall–Kier alpha value is -2.98. The highest BCUT2D eigenvalue weighted by Crippen LogP contribution is 2.17. The van der Waals surface area contributed by atoms with Crippen LogP contribution in [0.1, 0.15) is 13.3 Å². The largest absolute Gasteiger partial charge is 0.484 e. The number of amides is 2. The topological polar surface area (TPSA) is 114 Å². The Balaban J connectivity index is 1.82. The van der Waals surface area contributed by atoms with E-state index in [9.17, 15) is 22.4 Å². The molecule has 0 atom stereocenters. The van der Waals surface area contributed by atoms with E-state index in [4.69, 9.17) is 4.74 Å². The van der Waals surface area contributed by atoms with Crippen molar-refractivity contribution in [3.05, 3.63) is 54.3 Å². The van der Waals surface area contributed by atoms with Crippen molar-refractivity contribution in [2.24, 2.45) is 0 Å². The van der Waals surface area contributed by atoms with Crippen molar-refractivity contribution in [1.29, 1.82) is 0 Å². The molecular formula is C19H22FN3O5S. The number of benzene rings is 2. The minimum Gasteiger partial charge on any atom is -0.484 e. The minimum atomic E-state index is -3.83. The van der Waals surface area contributed by atoms with Gasteiger partial charge >= 0.3 is 0 Å². The Morgan fingerprint density at radius 3 is 2.48 bits per heavy atom. The second kappa shape index (κ2) is 10.5. The van der Waals surface area contributed by atoms with Crippen LogP contribution in [0.25, 0.3) is 0 Å². The lowest BCUT2D eigenvalue weighted by Gasteiger charge is -2.10. The fourth-order valence-corrected chi connectivity index (χ4v) is 3.31. The van der Waals surface area contributed by atoms with Gasteiger partial charge in [0.05, 0.1) is 4.90 Å². The molecule has 2 aromatic carbocycles. The summed E-state index contributed by atoms with van der Waals surface area (Å²) in [6.45, 7) is 2.03. The van der Waals surface area contributed by atoms with Crippen LogP contribution in [0.5, 0.6) is 5.75 Å². The molecule has 8 nitrogen and oxygen atoms in total. The Kier molecular flexibility index (Phi) is 8.10. The summed E-state index contributed by atoms with van der Waals surface area (Å²) in [4.78, 5) is 23.4. The molecule has 0 radical (unpaired) electrons. The van der Waals surface area contributed by atoms with E-state index in [0.717, 1.165) is 24.3 Å². The molecule has 0 aliphatic heterocycles. The molecule has 0 fully saturated rings. The third-order valence-electron chi connectivity index (χ3n) is 3.63. The fourth-order valence-electron chi connectivity index (χ4n) is 2.28. The number of anilines is 1. The maximum atomic E-state index is 12.9. The van der Waals surface area contributed by atoms with E-state index in [1.807, 2.05) is 0 Å². The number of hydrogen-bond donors (Lipinski definition) is 3. The number of carbonyl (C=O) groups is 2. The molecule has 156 valence electrons. The molecule has 10 heteroatoms. The van der Waals surface area contributed by atoms with Gasteiger partial charge in [-0.15, -0.1) is 0 Å². The maximum absolute atomic E-state index is 12.9. The van der Waals surface area contributed by atoms with Crippen molar-refractivity contribution < 1.29 is 27.1 Å². The maximum Gasteiger partial charge on any atom is 0.257 e. The molecule has 2 amide bonds. The molecule has 2 rings (SSSR count). The first kappa shape index (κ1) is 22.3. The van der Waals surface area contributed by atoms with Crippen LogP contribution in [-0.4, -0.2) is 39.9 Å². The number of carbonyl (C=O) groups excluding carboxylic acids is 2. The van der Waals surface area contributed by atoms with E-state index in [1.54, 1.807) is 31.2 Å². The van der Waals surface area contributed by atoms with Crippen LogP contribution in [0.15, 0.2) is 53.4 Å². The highest BCUT2D eigenvalue weighted by molar-refractivity contribution is 7.89. The molecule has 0 aliphatic rings. The molecule has 0 aliphatic carbocycles. The molecule has 0 unspecified atom stereocenters. The third-order valence-corrected chi connectivity index (χ3v) is 5.11. The van der Waals surface area contributed by atoms with E-state index < -0.39 is 21.7 Å². The molecule has 3 N–H and O–H groups in total. The van der Waals surface area contributed by atoms with Gasteiger partial charge < -0.3 is 15.4 Å². The second-order valence-electron chi connectivity index (χ2n) is 5.92. The SMILES string of the molecule is CCNC(=O)COc1cccc(NC(=O)CCNS(=O)(=O)c2ccc(F)cc2)c1. The zero-order valence-electron chi connectivity index (χ0n) is 15.8. The molecule has 0 spiro atoms. The van der Waals surface area contributed by atoms with Gasteiger partial charge in [-0.25, -0.2) is 17.5 Å². The molecule has 2 aromatic rings. The quantitative estimate of drug-likeness (QED) is 0.538. The van der Waals surface area contributed by atoms with E-state index in [2.05, 4.69) is 15.4 Å². The minimum absolute atomic E-state index is 0.0868. The summed E-state index contributed by atoms with van der Waals surface area (Å²) in [5, 5.41) is 5.23. The summed E-state index contributed by atoms with van der Waals surface area (Å²) in [7, 11) is -3.83. The van der Waals surface area contributed by atoms with Crippen LogP contribution in [0.4, 0.5) is 10.1 Å². The smallest absolute Gasteiger partial charge is 0.257 e. The first-order chi connectivity index (χ1) is 13.8. The standard InChI is InChI=1S/C19H22FN3O5S/c1-2-21-19(25)13-28-16-5-3-4-15(12-16)23-18(24)10-11-22-29(26,27)17-8-6-14(20)7-9-17/h3-9,12,22H,2,10-11,13H2,1H3,(H,21,25)(H,23,24). The lowest BCUT2D eigenvalue weighted by Crippen LogP contribution is -2.28. The van der Waals surface area contributed by atoms with Crippen molar-refractivity contribution in [2.75, 3.05) is 25.0 Å². The predicted octanol–water partition coefficient (Wildman–Crippen LogP) is 1.65. The molecule has 0 bridgehead atoms. The number of likely N-dealkylation sites (N-methyl/N-ethyl adjacent to an activating group) is 1. The van der Waals surface area contributed by atoms with Crippen molar-refractivity contribution in [1.82, 2.24) is 10.0 Å². The van der Waals surface area contributed by atoms with Crippen molar-refractivity contribution >= 4 is 27.5 Å². The first-order valence-electron chi connectivity index (χ1n) is 8.85. The molecule has 0 saturated carbocycles. The fraction of sp³-hybridized carbons (Fsp3) is 0.263. The van der Waals surface area contributed by atoms with Gasteiger partial charge in [0.15, 0.2) is 6.61 Å². The number of rotatable bonds is 10. The Morgan fingerprint density at radius 2 is 1.79 bits per heavy atom. The van der Waals surface area contributed by atoms with E-state index >= 15 is 0 Å². The van der Waals surface area contributed by atoms with Gasteiger partial charge in [0.25, 0.3) is 5.91 Å². The van der Waals surface area contributed by atoms with Gasteiger partial charge in [0, 0.05) is 31.3 Å². The Bertz CT molecular complexity index is 949. The summed E-state index contributed by atoms with van der Waals surface area (Å²) < 4.78 is 44.7. The van der Waals surface area contributed by atoms with E-state index in [0.29, 0.717) is 18.0 Å². The highest BCUT2D eigenvalue weighted by atomic mass is 32.2. The van der Waals surface area contributed by atoms with Crippen LogP contribution < -0.4 is 20.1 Å². The van der Waals surface area contributed by atoms with Crippen LogP contribution >= 0.6 is 0 Å². The molecule has 0 heterocycles.